The second kappa shape index (κ2) is 16.3. The molecule has 0 fully saturated rings. The molecule has 0 atom stereocenters. The number of nitrogens with zero attached hydrogens (tertiary/aromatic N) is 5. The van der Waals surface area contributed by atoms with Crippen molar-refractivity contribution >= 4 is 43.7 Å². The summed E-state index contributed by atoms with van der Waals surface area (Å²) in [5.74, 6) is 1.66. The van der Waals surface area contributed by atoms with Crippen LogP contribution in [0.5, 0.6) is 0 Å². The molecule has 318 valence electrons. The lowest BCUT2D eigenvalue weighted by atomic mass is 9.87. The molecule has 0 radical (unpaired) electrons. The molecule has 4 heterocycles. The van der Waals surface area contributed by atoms with E-state index in [0.29, 0.717) is 17.5 Å². The van der Waals surface area contributed by atoms with Crippen LogP contribution in [0, 0.1) is 0 Å². The van der Waals surface area contributed by atoms with Gasteiger partial charge < -0.3 is 8.98 Å². The number of hydrogen-bond acceptors (Lipinski definition) is 5. The fourth-order valence-corrected chi connectivity index (χ4v) is 9.88. The lowest BCUT2D eigenvalue weighted by molar-refractivity contribution is 0.673. The Morgan fingerprint density at radius 2 is 0.882 bits per heavy atom. The van der Waals surface area contributed by atoms with Gasteiger partial charge in [0.05, 0.1) is 22.1 Å². The monoisotopic (exact) mass is 869 g/mol. The van der Waals surface area contributed by atoms with E-state index in [1.165, 1.54) is 0 Å². The first-order chi connectivity index (χ1) is 33.7. The Kier molecular flexibility index (Phi) is 9.39. The van der Waals surface area contributed by atoms with Gasteiger partial charge in [-0.2, -0.15) is 0 Å². The van der Waals surface area contributed by atoms with Crippen LogP contribution in [0.1, 0.15) is 0 Å². The smallest absolute Gasteiger partial charge is 0.166 e. The van der Waals surface area contributed by atoms with Gasteiger partial charge in [-0.15, -0.1) is 0 Å². The number of pyridine rings is 1. The van der Waals surface area contributed by atoms with E-state index in [2.05, 4.69) is 174 Å². The SMILES string of the molecule is c1ccc(-c2nc(-c3ccccc3)nc(-c3cc(-c4c(-c5ccccc5)cccc4-c4ccccc4)cnc3-c3cccc4oc5c(ccc6c5c5ccccc5n6-c5ccccc5)c34)n2)cc1. The van der Waals surface area contributed by atoms with Gasteiger partial charge in [0.1, 0.15) is 11.2 Å². The molecule has 68 heavy (non-hydrogen) atoms. The van der Waals surface area contributed by atoms with Crippen LogP contribution < -0.4 is 0 Å². The summed E-state index contributed by atoms with van der Waals surface area (Å²) >= 11 is 0. The normalized spacial score (nSPS) is 11.5. The molecular formula is C62H39N5O. The molecule has 13 aromatic rings. The topological polar surface area (TPSA) is 69.6 Å². The first-order valence-corrected chi connectivity index (χ1v) is 22.8. The molecule has 0 unspecified atom stereocenters. The third-order valence-corrected chi connectivity index (χ3v) is 12.9. The molecule has 13 rings (SSSR count). The second-order valence-electron chi connectivity index (χ2n) is 16.9. The van der Waals surface area contributed by atoms with Crippen LogP contribution in [0.25, 0.3) is 128 Å². The van der Waals surface area contributed by atoms with Crippen molar-refractivity contribution < 1.29 is 4.42 Å². The summed E-state index contributed by atoms with van der Waals surface area (Å²) in [4.78, 5) is 21.3. The van der Waals surface area contributed by atoms with Crippen LogP contribution in [0.15, 0.2) is 241 Å². The van der Waals surface area contributed by atoms with E-state index in [-0.39, 0.29) is 0 Å². The Balaban J connectivity index is 1.11. The standard InChI is InChI=1S/C62H39N5O/c1-6-20-40(21-7-1)46-31-18-32-47(41-22-8-2-9-23-41)55(46)44-38-51(62-65-60(42-24-10-3-11-25-42)64-61(66-62)43-26-12-4-13-27-43)58(63-39-44)49-33-19-35-54-56(49)50-36-37-53-57(59(50)68-54)48-30-16-17-34-52(48)67(53)45-28-14-5-15-29-45/h1-39H. The van der Waals surface area contributed by atoms with Crippen LogP contribution in [0.4, 0.5) is 0 Å². The average molecular weight is 870 g/mol. The molecule has 6 nitrogen and oxygen atoms in total. The van der Waals surface area contributed by atoms with Crippen molar-refractivity contribution in [2.24, 2.45) is 0 Å². The number of furan rings is 1. The minimum atomic E-state index is 0.513. The molecular weight excluding hydrogens is 831 g/mol. The summed E-state index contributed by atoms with van der Waals surface area (Å²) in [5, 5.41) is 4.16. The van der Waals surface area contributed by atoms with Gasteiger partial charge in [0.2, 0.25) is 0 Å². The Morgan fingerprint density at radius 1 is 0.353 bits per heavy atom. The van der Waals surface area contributed by atoms with E-state index in [0.717, 1.165) is 111 Å². The molecule has 0 saturated carbocycles. The van der Waals surface area contributed by atoms with Crippen LogP contribution in [0.2, 0.25) is 0 Å². The maximum Gasteiger partial charge on any atom is 0.166 e. The fraction of sp³-hybridized carbons (Fsp3) is 0. The fourth-order valence-electron chi connectivity index (χ4n) is 9.88. The predicted octanol–water partition coefficient (Wildman–Crippen LogP) is 15.9. The van der Waals surface area contributed by atoms with Crippen molar-refractivity contribution in [1.29, 1.82) is 0 Å². The first kappa shape index (κ1) is 39.1. The van der Waals surface area contributed by atoms with Gasteiger partial charge in [0, 0.05) is 55.9 Å². The lowest BCUT2D eigenvalue weighted by Crippen LogP contribution is -2.02. The van der Waals surface area contributed by atoms with Gasteiger partial charge in [0.25, 0.3) is 0 Å². The second-order valence-corrected chi connectivity index (χ2v) is 16.9. The molecule has 0 spiro atoms. The van der Waals surface area contributed by atoms with E-state index in [4.69, 9.17) is 24.4 Å². The van der Waals surface area contributed by atoms with Crippen LogP contribution in [0.3, 0.4) is 0 Å². The quantitative estimate of drug-likeness (QED) is 0.152. The highest BCUT2D eigenvalue weighted by atomic mass is 16.3. The Morgan fingerprint density at radius 3 is 1.51 bits per heavy atom. The zero-order valence-electron chi connectivity index (χ0n) is 36.7. The zero-order chi connectivity index (χ0) is 45.0. The summed E-state index contributed by atoms with van der Waals surface area (Å²) < 4.78 is 9.35. The third kappa shape index (κ3) is 6.58. The summed E-state index contributed by atoms with van der Waals surface area (Å²) in [7, 11) is 0. The predicted molar refractivity (Wildman–Crippen MR) is 277 cm³/mol. The van der Waals surface area contributed by atoms with Crippen molar-refractivity contribution in [2.45, 2.75) is 0 Å². The largest absolute Gasteiger partial charge is 0.455 e. The van der Waals surface area contributed by atoms with Gasteiger partial charge in [-0.05, 0) is 70.3 Å². The van der Waals surface area contributed by atoms with Gasteiger partial charge >= 0.3 is 0 Å². The summed E-state index contributed by atoms with van der Waals surface area (Å²) in [6.45, 7) is 0. The minimum absolute atomic E-state index is 0.513. The van der Waals surface area contributed by atoms with Crippen molar-refractivity contribution in [2.75, 3.05) is 0 Å². The van der Waals surface area contributed by atoms with E-state index in [9.17, 15) is 0 Å². The number of benzene rings is 9. The highest BCUT2D eigenvalue weighted by Crippen LogP contribution is 2.47. The number of aromatic nitrogens is 5. The first-order valence-electron chi connectivity index (χ1n) is 22.8. The maximum atomic E-state index is 7.02. The molecule has 0 saturated heterocycles. The number of para-hydroxylation sites is 2. The molecule has 9 aromatic carbocycles. The molecule has 4 aromatic heterocycles. The van der Waals surface area contributed by atoms with Gasteiger partial charge in [-0.3, -0.25) is 4.98 Å². The molecule has 6 heteroatoms. The number of hydrogen-bond donors (Lipinski definition) is 0. The third-order valence-electron chi connectivity index (χ3n) is 12.9. The maximum absolute atomic E-state index is 7.02. The van der Waals surface area contributed by atoms with E-state index >= 15 is 0 Å². The van der Waals surface area contributed by atoms with E-state index < -0.39 is 0 Å². The van der Waals surface area contributed by atoms with Crippen molar-refractivity contribution in [3.05, 3.63) is 237 Å². The minimum Gasteiger partial charge on any atom is -0.455 e. The summed E-state index contributed by atoms with van der Waals surface area (Å²) in [6, 6.07) is 79.9. The molecule has 0 N–H and O–H groups in total. The Labute approximate surface area is 392 Å². The summed E-state index contributed by atoms with van der Waals surface area (Å²) in [5.41, 5.74) is 15.5. The molecule has 0 aliphatic carbocycles. The lowest BCUT2D eigenvalue weighted by Gasteiger charge is -2.18. The average Bonchev–Trinajstić information content (AvgIpc) is 3.98. The van der Waals surface area contributed by atoms with Crippen LogP contribution in [-0.2, 0) is 0 Å². The van der Waals surface area contributed by atoms with Gasteiger partial charge in [-0.1, -0.05) is 188 Å². The van der Waals surface area contributed by atoms with Crippen LogP contribution >= 0.6 is 0 Å². The van der Waals surface area contributed by atoms with Crippen molar-refractivity contribution in [3.63, 3.8) is 0 Å². The van der Waals surface area contributed by atoms with Crippen molar-refractivity contribution in [1.82, 2.24) is 24.5 Å². The van der Waals surface area contributed by atoms with Gasteiger partial charge in [0.15, 0.2) is 17.5 Å². The van der Waals surface area contributed by atoms with Gasteiger partial charge in [-0.25, -0.2) is 15.0 Å². The molecule has 0 aliphatic rings. The number of fused-ring (bicyclic) bond motifs is 7. The number of rotatable bonds is 8. The molecule has 0 aliphatic heterocycles. The molecule has 0 amide bonds. The Hall–Kier alpha value is -9.26. The zero-order valence-corrected chi connectivity index (χ0v) is 36.7. The van der Waals surface area contributed by atoms with Crippen LogP contribution in [-0.4, -0.2) is 24.5 Å². The highest BCUT2D eigenvalue weighted by molar-refractivity contribution is 6.25. The summed E-state index contributed by atoms with van der Waals surface area (Å²) in [6.07, 6.45) is 2.01. The van der Waals surface area contributed by atoms with E-state index in [1.807, 2.05) is 66.9 Å². The Bertz CT molecular complexity index is 3880. The molecule has 0 bridgehead atoms. The van der Waals surface area contributed by atoms with E-state index in [1.54, 1.807) is 0 Å². The van der Waals surface area contributed by atoms with Crippen molar-refractivity contribution in [3.8, 4) is 84.5 Å². The highest BCUT2D eigenvalue weighted by Gasteiger charge is 2.25.